The van der Waals surface area contributed by atoms with E-state index in [0.717, 1.165) is 60.9 Å². The maximum atomic E-state index is 12.3. The molecule has 186 valence electrons. The molecule has 0 atom stereocenters. The molecule has 1 saturated carbocycles. The summed E-state index contributed by atoms with van der Waals surface area (Å²) in [6.07, 6.45) is 7.11. The van der Waals surface area contributed by atoms with Crippen LogP contribution in [0.15, 0.2) is 73.1 Å². The van der Waals surface area contributed by atoms with Crippen molar-refractivity contribution in [2.75, 3.05) is 44.8 Å². The number of nitrogens with one attached hydrogen (secondary N) is 1. The summed E-state index contributed by atoms with van der Waals surface area (Å²) in [5.41, 5.74) is 8.21. The minimum Gasteiger partial charge on any atom is -0.457 e. The molecule has 1 saturated heterocycles. The molecule has 1 aliphatic heterocycles. The van der Waals surface area contributed by atoms with Gasteiger partial charge in [-0.2, -0.15) is 0 Å². The Morgan fingerprint density at radius 3 is 2.50 bits per heavy atom. The fourth-order valence-electron chi connectivity index (χ4n) is 5.04. The van der Waals surface area contributed by atoms with Gasteiger partial charge >= 0.3 is 0 Å². The van der Waals surface area contributed by atoms with E-state index in [-0.39, 0.29) is 11.3 Å². The van der Waals surface area contributed by atoms with E-state index in [2.05, 4.69) is 15.3 Å². The van der Waals surface area contributed by atoms with Gasteiger partial charge in [0.15, 0.2) is 0 Å². The lowest BCUT2D eigenvalue weighted by molar-refractivity contribution is -0.145. The summed E-state index contributed by atoms with van der Waals surface area (Å²) in [7, 11) is 3.97. The number of rotatable bonds is 8. The third kappa shape index (κ3) is 5.18. The number of hydrogen-bond donors (Lipinski definition) is 2. The highest BCUT2D eigenvalue weighted by atomic mass is 16.5. The van der Waals surface area contributed by atoms with Crippen LogP contribution in [0.2, 0.25) is 0 Å². The highest BCUT2D eigenvalue weighted by Gasteiger charge is 2.53. The van der Waals surface area contributed by atoms with Crippen molar-refractivity contribution in [2.45, 2.75) is 18.9 Å². The van der Waals surface area contributed by atoms with Crippen molar-refractivity contribution in [3.8, 4) is 22.6 Å². The third-order valence-electron chi connectivity index (χ3n) is 6.79. The van der Waals surface area contributed by atoms with E-state index in [1.807, 2.05) is 84.6 Å². The zero-order valence-corrected chi connectivity index (χ0v) is 20.7. The topological polar surface area (TPSA) is 96.6 Å². The molecule has 0 unspecified atom stereocenters. The first kappa shape index (κ1) is 23.8. The predicted molar refractivity (Wildman–Crippen MR) is 142 cm³/mol. The van der Waals surface area contributed by atoms with Gasteiger partial charge in [-0.1, -0.05) is 36.4 Å². The predicted octanol–water partition coefficient (Wildman–Crippen LogP) is 4.04. The van der Waals surface area contributed by atoms with Crippen molar-refractivity contribution >= 4 is 17.5 Å². The second-order valence-corrected chi connectivity index (χ2v) is 10.0. The quantitative estimate of drug-likeness (QED) is 0.466. The standard InChI is InChI=1S/C28H32N6O2/c1-33(2)14-6-9-24(35)34-17-28(18-34)15-21(16-28)32-27-25(26(29)30-19-31-27)20-10-12-23(13-11-20)36-22-7-4-3-5-8-22/h3-13,19,21H,14-18H2,1-2H3,(H3,29,30,31,32). The SMILES string of the molecule is CN(C)CC=CC(=O)N1CC2(CC(Nc3ncnc(N)c3-c3ccc(Oc4ccccc4)cc3)C2)C1. The zero-order valence-electron chi connectivity index (χ0n) is 20.7. The molecule has 1 spiro atoms. The average Bonchev–Trinajstić information content (AvgIpc) is 2.81. The molecule has 3 aromatic rings. The van der Waals surface area contributed by atoms with Gasteiger partial charge < -0.3 is 25.6 Å². The van der Waals surface area contributed by atoms with Crippen LogP contribution < -0.4 is 15.8 Å². The Balaban J connectivity index is 1.19. The smallest absolute Gasteiger partial charge is 0.246 e. The van der Waals surface area contributed by atoms with Crippen molar-refractivity contribution in [3.05, 3.63) is 73.1 Å². The van der Waals surface area contributed by atoms with E-state index in [0.29, 0.717) is 11.9 Å². The number of likely N-dealkylation sites (tertiary alicyclic amines) is 1. The number of nitrogens with two attached hydrogens (primary N) is 1. The highest BCUT2D eigenvalue weighted by Crippen LogP contribution is 2.49. The Bertz CT molecular complexity index is 1230. The van der Waals surface area contributed by atoms with Crippen LogP contribution in [-0.2, 0) is 4.79 Å². The number of hydrogen-bond acceptors (Lipinski definition) is 7. The van der Waals surface area contributed by atoms with E-state index in [9.17, 15) is 4.79 Å². The minimum absolute atomic E-state index is 0.101. The molecular weight excluding hydrogens is 452 g/mol. The van der Waals surface area contributed by atoms with Crippen LogP contribution >= 0.6 is 0 Å². The molecular formula is C28H32N6O2. The molecule has 1 aliphatic carbocycles. The molecule has 0 bridgehead atoms. The molecule has 36 heavy (non-hydrogen) atoms. The lowest BCUT2D eigenvalue weighted by Gasteiger charge is -2.59. The lowest BCUT2D eigenvalue weighted by Crippen LogP contribution is -2.66. The van der Waals surface area contributed by atoms with Crippen molar-refractivity contribution in [1.29, 1.82) is 0 Å². The molecule has 8 heteroatoms. The summed E-state index contributed by atoms with van der Waals surface area (Å²) >= 11 is 0. The number of benzene rings is 2. The number of carbonyl (C=O) groups is 1. The van der Waals surface area contributed by atoms with Crippen LogP contribution in [0.1, 0.15) is 12.8 Å². The normalized spacial score (nSPS) is 16.7. The first-order valence-electron chi connectivity index (χ1n) is 12.2. The minimum atomic E-state index is 0.101. The van der Waals surface area contributed by atoms with E-state index in [4.69, 9.17) is 10.5 Å². The van der Waals surface area contributed by atoms with Gasteiger partial charge in [-0.05, 0) is 56.8 Å². The Labute approximate surface area is 211 Å². The lowest BCUT2D eigenvalue weighted by atomic mass is 9.60. The summed E-state index contributed by atoms with van der Waals surface area (Å²) in [6, 6.07) is 17.8. The Kier molecular flexibility index (Phi) is 6.61. The summed E-state index contributed by atoms with van der Waals surface area (Å²) in [6.45, 7) is 2.40. The number of nitrogens with zero attached hydrogens (tertiary/aromatic N) is 4. The summed E-state index contributed by atoms with van der Waals surface area (Å²) in [5.74, 6) is 2.80. The number of ether oxygens (including phenoxy) is 1. The van der Waals surface area contributed by atoms with Gasteiger partial charge in [-0.25, -0.2) is 9.97 Å². The number of anilines is 2. The molecule has 3 N–H and O–H groups in total. The van der Waals surface area contributed by atoms with Gasteiger partial charge in [0.2, 0.25) is 5.91 Å². The number of amides is 1. The second-order valence-electron chi connectivity index (χ2n) is 10.0. The molecule has 8 nitrogen and oxygen atoms in total. The third-order valence-corrected chi connectivity index (χ3v) is 6.79. The van der Waals surface area contributed by atoms with E-state index >= 15 is 0 Å². The van der Waals surface area contributed by atoms with Crippen LogP contribution in [-0.4, -0.2) is 65.4 Å². The van der Waals surface area contributed by atoms with Crippen LogP contribution in [0, 0.1) is 5.41 Å². The Morgan fingerprint density at radius 1 is 1.11 bits per heavy atom. The second kappa shape index (κ2) is 9.99. The molecule has 2 aromatic carbocycles. The van der Waals surface area contributed by atoms with Crippen LogP contribution in [0.3, 0.4) is 0 Å². The van der Waals surface area contributed by atoms with Crippen LogP contribution in [0.5, 0.6) is 11.5 Å². The van der Waals surface area contributed by atoms with E-state index < -0.39 is 0 Å². The number of carbonyl (C=O) groups excluding carboxylic acids is 1. The number of para-hydroxylation sites is 1. The van der Waals surface area contributed by atoms with Crippen molar-refractivity contribution in [2.24, 2.45) is 5.41 Å². The number of nitrogen functional groups attached to an aromatic ring is 1. The average molecular weight is 485 g/mol. The van der Waals surface area contributed by atoms with Crippen molar-refractivity contribution in [1.82, 2.24) is 19.8 Å². The molecule has 2 heterocycles. The fourth-order valence-corrected chi connectivity index (χ4v) is 5.04. The molecule has 5 rings (SSSR count). The molecule has 0 radical (unpaired) electrons. The Morgan fingerprint density at radius 2 is 1.81 bits per heavy atom. The van der Waals surface area contributed by atoms with Crippen molar-refractivity contribution in [3.63, 3.8) is 0 Å². The summed E-state index contributed by atoms with van der Waals surface area (Å²) < 4.78 is 5.91. The summed E-state index contributed by atoms with van der Waals surface area (Å²) in [5, 5.41) is 3.57. The van der Waals surface area contributed by atoms with Gasteiger partial charge in [0, 0.05) is 37.2 Å². The number of likely N-dealkylation sites (N-methyl/N-ethyl adjacent to an activating group) is 1. The number of aromatic nitrogens is 2. The van der Waals surface area contributed by atoms with Gasteiger partial charge in [-0.3, -0.25) is 4.79 Å². The maximum Gasteiger partial charge on any atom is 0.246 e. The maximum absolute atomic E-state index is 12.3. The van der Waals surface area contributed by atoms with Crippen LogP contribution in [0.25, 0.3) is 11.1 Å². The van der Waals surface area contributed by atoms with Crippen LogP contribution in [0.4, 0.5) is 11.6 Å². The van der Waals surface area contributed by atoms with Crippen molar-refractivity contribution < 1.29 is 9.53 Å². The molecule has 1 amide bonds. The zero-order chi connectivity index (χ0) is 25.1. The molecule has 1 aromatic heterocycles. The van der Waals surface area contributed by atoms with Gasteiger partial charge in [0.05, 0.1) is 5.56 Å². The highest BCUT2D eigenvalue weighted by molar-refractivity contribution is 5.88. The first-order valence-corrected chi connectivity index (χ1v) is 12.2. The summed E-state index contributed by atoms with van der Waals surface area (Å²) in [4.78, 5) is 25.0. The van der Waals surface area contributed by atoms with Gasteiger partial charge in [0.25, 0.3) is 0 Å². The Hall–Kier alpha value is -3.91. The van der Waals surface area contributed by atoms with Gasteiger partial charge in [0.1, 0.15) is 29.5 Å². The monoisotopic (exact) mass is 484 g/mol. The molecule has 2 fully saturated rings. The van der Waals surface area contributed by atoms with E-state index in [1.54, 1.807) is 6.08 Å². The van der Waals surface area contributed by atoms with E-state index in [1.165, 1.54) is 6.33 Å². The molecule has 2 aliphatic rings. The largest absolute Gasteiger partial charge is 0.457 e. The first-order chi connectivity index (χ1) is 17.4. The van der Waals surface area contributed by atoms with Gasteiger partial charge in [-0.15, -0.1) is 0 Å². The fraction of sp³-hybridized carbons (Fsp3) is 0.321.